The van der Waals surface area contributed by atoms with Crippen molar-refractivity contribution in [2.45, 2.75) is 13.0 Å². The predicted molar refractivity (Wildman–Crippen MR) is 82.6 cm³/mol. The molecule has 5 heteroatoms. The first-order valence-electron chi connectivity index (χ1n) is 6.61. The third kappa shape index (κ3) is 4.92. The molecule has 1 unspecified atom stereocenters. The molecule has 2 aromatic rings. The van der Waals surface area contributed by atoms with E-state index in [4.69, 9.17) is 16.3 Å². The Morgan fingerprint density at radius 3 is 2.81 bits per heavy atom. The van der Waals surface area contributed by atoms with Gasteiger partial charge in [0.15, 0.2) is 0 Å². The molecule has 0 aliphatic rings. The fourth-order valence-corrected chi connectivity index (χ4v) is 1.98. The van der Waals surface area contributed by atoms with Gasteiger partial charge in [-0.05, 0) is 42.8 Å². The van der Waals surface area contributed by atoms with Crippen LogP contribution in [-0.2, 0) is 0 Å². The lowest BCUT2D eigenvalue weighted by molar-refractivity contribution is 0.117. The molecule has 2 aromatic carbocycles. The third-order valence-corrected chi connectivity index (χ3v) is 3.13. The summed E-state index contributed by atoms with van der Waals surface area (Å²) in [7, 11) is 0. The summed E-state index contributed by atoms with van der Waals surface area (Å²) in [6.07, 6.45) is -0.749. The molecule has 1 atom stereocenters. The molecule has 0 heterocycles. The van der Waals surface area contributed by atoms with E-state index < -0.39 is 11.9 Å². The Hall–Kier alpha value is -1.78. The maximum Gasteiger partial charge on any atom is 0.147 e. The zero-order valence-corrected chi connectivity index (χ0v) is 12.4. The maximum atomic E-state index is 13.5. The van der Waals surface area contributed by atoms with Gasteiger partial charge < -0.3 is 15.2 Å². The number of rotatable bonds is 6. The third-order valence-electron chi connectivity index (χ3n) is 2.89. The maximum absolute atomic E-state index is 13.5. The van der Waals surface area contributed by atoms with Crippen molar-refractivity contribution >= 4 is 17.3 Å². The SMILES string of the molecule is Cc1cccc(OCC(O)CNc2ccc(Cl)cc2F)c1. The zero-order valence-electron chi connectivity index (χ0n) is 11.6. The van der Waals surface area contributed by atoms with Crippen LogP contribution < -0.4 is 10.1 Å². The summed E-state index contributed by atoms with van der Waals surface area (Å²) in [5.74, 6) is 0.251. The van der Waals surface area contributed by atoms with Gasteiger partial charge in [-0.2, -0.15) is 0 Å². The molecule has 0 aliphatic carbocycles. The Balaban J connectivity index is 1.80. The monoisotopic (exact) mass is 309 g/mol. The van der Waals surface area contributed by atoms with Gasteiger partial charge in [0.25, 0.3) is 0 Å². The van der Waals surface area contributed by atoms with Crippen molar-refractivity contribution < 1.29 is 14.2 Å². The van der Waals surface area contributed by atoms with E-state index in [1.807, 2.05) is 31.2 Å². The molecule has 0 aliphatic heterocycles. The van der Waals surface area contributed by atoms with Gasteiger partial charge in [0.2, 0.25) is 0 Å². The summed E-state index contributed by atoms with van der Waals surface area (Å²) >= 11 is 5.67. The Kier molecular flexibility index (Phi) is 5.42. The molecule has 3 nitrogen and oxygen atoms in total. The van der Waals surface area contributed by atoms with Gasteiger partial charge in [-0.15, -0.1) is 0 Å². The molecule has 0 saturated heterocycles. The lowest BCUT2D eigenvalue weighted by Crippen LogP contribution is -2.26. The second-order valence-corrected chi connectivity index (χ2v) is 5.22. The fourth-order valence-electron chi connectivity index (χ4n) is 1.82. The van der Waals surface area contributed by atoms with Crippen molar-refractivity contribution in [3.63, 3.8) is 0 Å². The van der Waals surface area contributed by atoms with Crippen LogP contribution in [0.1, 0.15) is 5.56 Å². The molecule has 0 amide bonds. The number of aliphatic hydroxyl groups is 1. The molecular formula is C16H17ClFNO2. The number of ether oxygens (including phenoxy) is 1. The number of nitrogens with one attached hydrogen (secondary N) is 1. The van der Waals surface area contributed by atoms with Gasteiger partial charge in [-0.25, -0.2) is 4.39 Å². The lowest BCUT2D eigenvalue weighted by Gasteiger charge is -2.14. The van der Waals surface area contributed by atoms with Crippen LogP contribution in [0.3, 0.4) is 0 Å². The van der Waals surface area contributed by atoms with Crippen LogP contribution >= 0.6 is 11.6 Å². The highest BCUT2D eigenvalue weighted by atomic mass is 35.5. The minimum Gasteiger partial charge on any atom is -0.491 e. The van der Waals surface area contributed by atoms with Crippen molar-refractivity contribution in [2.75, 3.05) is 18.5 Å². The van der Waals surface area contributed by atoms with Gasteiger partial charge in [0.1, 0.15) is 24.3 Å². The van der Waals surface area contributed by atoms with Gasteiger partial charge in [0, 0.05) is 11.6 Å². The second-order valence-electron chi connectivity index (χ2n) is 4.79. The Morgan fingerprint density at radius 2 is 2.10 bits per heavy atom. The summed E-state index contributed by atoms with van der Waals surface area (Å²) in [5.41, 5.74) is 1.39. The van der Waals surface area contributed by atoms with E-state index in [9.17, 15) is 9.50 Å². The number of anilines is 1. The van der Waals surface area contributed by atoms with E-state index >= 15 is 0 Å². The minimum absolute atomic E-state index is 0.131. The van der Waals surface area contributed by atoms with E-state index in [2.05, 4.69) is 5.32 Å². The molecule has 112 valence electrons. The van der Waals surface area contributed by atoms with Crippen LogP contribution in [0.15, 0.2) is 42.5 Å². The van der Waals surface area contributed by atoms with Crippen molar-refractivity contribution in [1.29, 1.82) is 0 Å². The van der Waals surface area contributed by atoms with Gasteiger partial charge >= 0.3 is 0 Å². The first-order valence-corrected chi connectivity index (χ1v) is 6.99. The molecule has 0 radical (unpaired) electrons. The van der Waals surface area contributed by atoms with Gasteiger partial charge in [-0.3, -0.25) is 0 Å². The lowest BCUT2D eigenvalue weighted by atomic mass is 10.2. The molecule has 0 spiro atoms. The Morgan fingerprint density at radius 1 is 1.29 bits per heavy atom. The smallest absolute Gasteiger partial charge is 0.147 e. The average Bonchev–Trinajstić information content (AvgIpc) is 2.44. The number of benzene rings is 2. The van der Waals surface area contributed by atoms with Crippen molar-refractivity contribution in [2.24, 2.45) is 0 Å². The van der Waals surface area contributed by atoms with Gasteiger partial charge in [-0.1, -0.05) is 23.7 Å². The first-order chi connectivity index (χ1) is 10.0. The molecular weight excluding hydrogens is 293 g/mol. The summed E-state index contributed by atoms with van der Waals surface area (Å²) in [6.45, 7) is 2.28. The molecule has 2 rings (SSSR count). The van der Waals surface area contributed by atoms with Crippen LogP contribution in [0.25, 0.3) is 0 Å². The standard InChI is InChI=1S/C16H17ClFNO2/c1-11-3-2-4-14(7-11)21-10-13(20)9-19-16-6-5-12(17)8-15(16)18/h2-8,13,19-20H,9-10H2,1H3. The fraction of sp³-hybridized carbons (Fsp3) is 0.250. The van der Waals surface area contributed by atoms with E-state index in [1.165, 1.54) is 12.1 Å². The molecule has 2 N–H and O–H groups in total. The summed E-state index contributed by atoms with van der Waals surface area (Å²) in [4.78, 5) is 0. The highest BCUT2D eigenvalue weighted by Gasteiger charge is 2.08. The molecule has 0 fully saturated rings. The van der Waals surface area contributed by atoms with Crippen LogP contribution in [0.2, 0.25) is 5.02 Å². The van der Waals surface area contributed by atoms with E-state index in [0.717, 1.165) is 5.56 Å². The quantitative estimate of drug-likeness (QED) is 0.856. The summed E-state index contributed by atoms with van der Waals surface area (Å²) in [5, 5.41) is 13.0. The van der Waals surface area contributed by atoms with Crippen LogP contribution in [0.5, 0.6) is 5.75 Å². The van der Waals surface area contributed by atoms with E-state index in [-0.39, 0.29) is 13.2 Å². The highest BCUT2D eigenvalue weighted by molar-refractivity contribution is 6.30. The minimum atomic E-state index is -0.749. The number of hydrogen-bond acceptors (Lipinski definition) is 3. The second kappa shape index (κ2) is 7.29. The number of halogens is 2. The van der Waals surface area contributed by atoms with Crippen LogP contribution in [-0.4, -0.2) is 24.4 Å². The molecule has 0 bridgehead atoms. The van der Waals surface area contributed by atoms with Crippen LogP contribution in [0.4, 0.5) is 10.1 Å². The van der Waals surface area contributed by atoms with Crippen molar-refractivity contribution in [3.8, 4) is 5.75 Å². The summed E-state index contributed by atoms with van der Waals surface area (Å²) in [6, 6.07) is 11.9. The Labute approximate surface area is 128 Å². The van der Waals surface area contributed by atoms with Crippen molar-refractivity contribution in [3.05, 3.63) is 58.9 Å². The number of aliphatic hydroxyl groups excluding tert-OH is 1. The molecule has 0 saturated carbocycles. The van der Waals surface area contributed by atoms with Crippen molar-refractivity contribution in [1.82, 2.24) is 0 Å². The first kappa shape index (κ1) is 15.6. The zero-order chi connectivity index (χ0) is 15.2. The van der Waals surface area contributed by atoms with Crippen LogP contribution in [0, 0.1) is 12.7 Å². The largest absolute Gasteiger partial charge is 0.491 e. The predicted octanol–water partition coefficient (Wildman–Crippen LogP) is 3.64. The van der Waals surface area contributed by atoms with E-state index in [1.54, 1.807) is 6.07 Å². The molecule has 21 heavy (non-hydrogen) atoms. The van der Waals surface area contributed by atoms with Gasteiger partial charge in [0.05, 0.1) is 5.69 Å². The average molecular weight is 310 g/mol. The summed E-state index contributed by atoms with van der Waals surface area (Å²) < 4.78 is 19.0. The van der Waals surface area contributed by atoms with E-state index in [0.29, 0.717) is 16.5 Å². The topological polar surface area (TPSA) is 41.5 Å². The Bertz CT molecular complexity index is 607. The number of hydrogen-bond donors (Lipinski definition) is 2. The normalized spacial score (nSPS) is 12.0. The highest BCUT2D eigenvalue weighted by Crippen LogP contribution is 2.19. The number of aryl methyl sites for hydroxylation is 1. The molecule has 0 aromatic heterocycles.